The number of hydrogen-bond donors (Lipinski definition) is 1. The van der Waals surface area contributed by atoms with Crippen LogP contribution in [0.3, 0.4) is 0 Å². The van der Waals surface area contributed by atoms with Gasteiger partial charge in [0, 0.05) is 39.8 Å². The van der Waals surface area contributed by atoms with Gasteiger partial charge in [-0.3, -0.25) is 9.69 Å². The molecule has 2 saturated heterocycles. The second-order valence-electron chi connectivity index (χ2n) is 7.48. The summed E-state index contributed by atoms with van der Waals surface area (Å²) in [5, 5.41) is 11.6. The van der Waals surface area contributed by atoms with Crippen LogP contribution in [0.2, 0.25) is 0 Å². The van der Waals surface area contributed by atoms with Crippen LogP contribution in [0, 0.1) is 6.92 Å². The first kappa shape index (κ1) is 23.6. The number of likely N-dealkylation sites (N-methyl/N-ethyl adjacent to an activating group) is 1. The lowest BCUT2D eigenvalue weighted by Gasteiger charge is -2.38. The molecule has 1 N–H and O–H groups in total. The summed E-state index contributed by atoms with van der Waals surface area (Å²) >= 11 is 0. The van der Waals surface area contributed by atoms with Crippen LogP contribution in [0.4, 0.5) is 0 Å². The zero-order valence-corrected chi connectivity index (χ0v) is 20.0. The van der Waals surface area contributed by atoms with Crippen molar-refractivity contribution < 1.29 is 4.79 Å². The van der Waals surface area contributed by atoms with Crippen molar-refractivity contribution in [3.05, 3.63) is 24.3 Å². The minimum absolute atomic E-state index is 0. The quantitative estimate of drug-likeness (QED) is 0.268. The molecule has 2 aliphatic heterocycles. The van der Waals surface area contributed by atoms with Crippen LogP contribution >= 0.6 is 24.0 Å². The van der Waals surface area contributed by atoms with Crippen molar-refractivity contribution in [3.8, 4) is 0 Å². The molecule has 9 nitrogen and oxygen atoms in total. The van der Waals surface area contributed by atoms with Gasteiger partial charge >= 0.3 is 0 Å². The molecule has 2 aliphatic rings. The summed E-state index contributed by atoms with van der Waals surface area (Å²) in [6.07, 6.45) is 3.90. The van der Waals surface area contributed by atoms with E-state index < -0.39 is 0 Å². The molecule has 3 rings (SSSR count). The summed E-state index contributed by atoms with van der Waals surface area (Å²) in [4.78, 5) is 23.9. The number of piperazine rings is 1. The molecule has 0 aliphatic carbocycles. The van der Waals surface area contributed by atoms with Crippen LogP contribution < -0.4 is 5.32 Å². The van der Waals surface area contributed by atoms with E-state index in [0.29, 0.717) is 13.1 Å². The monoisotopic (exact) mass is 516 g/mol. The summed E-state index contributed by atoms with van der Waals surface area (Å²) in [5.41, 5.74) is 0. The third kappa shape index (κ3) is 5.68. The standard InChI is InChI=1S/C19H32N8O.HI/c1-5-8-20-19(21-14-17-23-22-15(2)25(17)4)27-12-10-26(11-13-27)18(28)16-7-6-9-24(16)3;/h5,16H,1,6-14H2,2-4H3,(H,20,21);1H. The fourth-order valence-electron chi connectivity index (χ4n) is 3.74. The first-order chi connectivity index (χ1) is 13.5. The van der Waals surface area contributed by atoms with Gasteiger partial charge in [0.05, 0.1) is 6.04 Å². The fourth-order valence-corrected chi connectivity index (χ4v) is 3.74. The number of amides is 1. The molecule has 3 heterocycles. The van der Waals surface area contributed by atoms with Crippen LogP contribution in [0.15, 0.2) is 17.6 Å². The largest absolute Gasteiger partial charge is 0.353 e. The number of nitrogens with zero attached hydrogens (tertiary/aromatic N) is 7. The maximum atomic E-state index is 12.8. The Morgan fingerprint density at radius 2 is 1.90 bits per heavy atom. The summed E-state index contributed by atoms with van der Waals surface area (Å²) in [6, 6.07) is 0.0535. The SMILES string of the molecule is C=CCNC(=NCc1nnc(C)n1C)N1CCN(C(=O)C2CCCN2C)CC1.I. The number of carbonyl (C=O) groups is 1. The maximum absolute atomic E-state index is 12.8. The zero-order valence-electron chi connectivity index (χ0n) is 17.7. The minimum Gasteiger partial charge on any atom is -0.353 e. The molecule has 1 unspecified atom stereocenters. The number of nitrogens with one attached hydrogen (secondary N) is 1. The summed E-state index contributed by atoms with van der Waals surface area (Å²) in [6.45, 7) is 10.8. The van der Waals surface area contributed by atoms with Gasteiger partial charge in [-0.05, 0) is 33.4 Å². The lowest BCUT2D eigenvalue weighted by atomic mass is 10.2. The molecule has 0 aromatic carbocycles. The number of aliphatic imine (C=N–C) groups is 1. The van der Waals surface area contributed by atoms with E-state index in [2.05, 4.69) is 31.9 Å². The number of likely N-dealkylation sites (tertiary alicyclic amines) is 1. The minimum atomic E-state index is 0. The molecule has 0 saturated carbocycles. The lowest BCUT2D eigenvalue weighted by molar-refractivity contribution is -0.136. The predicted octanol–water partition coefficient (Wildman–Crippen LogP) is 0.612. The average Bonchev–Trinajstić information content (AvgIpc) is 3.27. The van der Waals surface area contributed by atoms with Crippen LogP contribution in [-0.2, 0) is 18.4 Å². The van der Waals surface area contributed by atoms with E-state index in [1.54, 1.807) is 0 Å². The molecule has 1 aromatic rings. The molecule has 10 heteroatoms. The highest BCUT2D eigenvalue weighted by Crippen LogP contribution is 2.18. The van der Waals surface area contributed by atoms with Crippen molar-refractivity contribution in [2.75, 3.05) is 46.3 Å². The Morgan fingerprint density at radius 1 is 1.21 bits per heavy atom. The van der Waals surface area contributed by atoms with Crippen molar-refractivity contribution in [2.24, 2.45) is 12.0 Å². The highest BCUT2D eigenvalue weighted by Gasteiger charge is 2.33. The summed E-state index contributed by atoms with van der Waals surface area (Å²) in [7, 11) is 3.99. The van der Waals surface area contributed by atoms with E-state index in [4.69, 9.17) is 4.99 Å². The molecule has 162 valence electrons. The molecular weight excluding hydrogens is 483 g/mol. The Labute approximate surface area is 190 Å². The number of carbonyl (C=O) groups excluding carboxylic acids is 1. The molecule has 29 heavy (non-hydrogen) atoms. The van der Waals surface area contributed by atoms with E-state index in [9.17, 15) is 4.79 Å². The van der Waals surface area contributed by atoms with Gasteiger partial charge in [0.25, 0.3) is 0 Å². The zero-order chi connectivity index (χ0) is 20.1. The number of aryl methyl sites for hydroxylation is 1. The number of halogens is 1. The van der Waals surface area contributed by atoms with Gasteiger partial charge in [0.15, 0.2) is 11.8 Å². The van der Waals surface area contributed by atoms with Crippen molar-refractivity contribution >= 4 is 35.8 Å². The van der Waals surface area contributed by atoms with Gasteiger partial charge in [-0.25, -0.2) is 4.99 Å². The first-order valence-electron chi connectivity index (χ1n) is 9.99. The van der Waals surface area contributed by atoms with Crippen LogP contribution in [-0.4, -0.2) is 93.7 Å². The Bertz CT molecular complexity index is 726. The highest BCUT2D eigenvalue weighted by atomic mass is 127. The van der Waals surface area contributed by atoms with Crippen LogP contribution in [0.1, 0.15) is 24.5 Å². The highest BCUT2D eigenvalue weighted by molar-refractivity contribution is 14.0. The molecule has 1 aromatic heterocycles. The Morgan fingerprint density at radius 3 is 2.45 bits per heavy atom. The second kappa shape index (κ2) is 10.9. The average molecular weight is 516 g/mol. The Balaban J connectivity index is 0.00000300. The number of rotatable bonds is 5. The molecule has 1 atom stereocenters. The summed E-state index contributed by atoms with van der Waals surface area (Å²) < 4.78 is 1.95. The van der Waals surface area contributed by atoms with E-state index >= 15 is 0 Å². The number of guanidine groups is 1. The van der Waals surface area contributed by atoms with E-state index in [-0.39, 0.29) is 35.9 Å². The Kier molecular flexibility index (Phi) is 8.87. The van der Waals surface area contributed by atoms with Crippen molar-refractivity contribution in [1.29, 1.82) is 0 Å². The third-order valence-corrected chi connectivity index (χ3v) is 5.65. The van der Waals surface area contributed by atoms with Crippen molar-refractivity contribution in [1.82, 2.24) is 34.8 Å². The van der Waals surface area contributed by atoms with Crippen LogP contribution in [0.5, 0.6) is 0 Å². The topological polar surface area (TPSA) is 81.9 Å². The van der Waals surface area contributed by atoms with Gasteiger partial charge < -0.3 is 19.7 Å². The predicted molar refractivity (Wildman–Crippen MR) is 124 cm³/mol. The Hall–Kier alpha value is -1.69. The summed E-state index contributed by atoms with van der Waals surface area (Å²) in [5.74, 6) is 2.79. The normalized spacial score (nSPS) is 20.5. The molecule has 0 radical (unpaired) electrons. The molecule has 2 fully saturated rings. The second-order valence-corrected chi connectivity index (χ2v) is 7.48. The maximum Gasteiger partial charge on any atom is 0.240 e. The molecule has 0 bridgehead atoms. The van der Waals surface area contributed by atoms with Crippen molar-refractivity contribution in [3.63, 3.8) is 0 Å². The van der Waals surface area contributed by atoms with Crippen LogP contribution in [0.25, 0.3) is 0 Å². The van der Waals surface area contributed by atoms with Crippen molar-refractivity contribution in [2.45, 2.75) is 32.4 Å². The van der Waals surface area contributed by atoms with E-state index in [1.807, 2.05) is 36.6 Å². The van der Waals surface area contributed by atoms with Gasteiger partial charge in [-0.15, -0.1) is 40.8 Å². The molecule has 1 amide bonds. The van der Waals surface area contributed by atoms with Gasteiger partial charge in [-0.1, -0.05) is 6.08 Å². The van der Waals surface area contributed by atoms with E-state index in [0.717, 1.165) is 63.2 Å². The molecule has 0 spiro atoms. The number of hydrogen-bond acceptors (Lipinski definition) is 5. The lowest BCUT2D eigenvalue weighted by Crippen LogP contribution is -2.56. The molecular formula is C19H33IN8O. The smallest absolute Gasteiger partial charge is 0.240 e. The number of aromatic nitrogens is 3. The van der Waals surface area contributed by atoms with Gasteiger partial charge in [-0.2, -0.15) is 0 Å². The van der Waals surface area contributed by atoms with E-state index in [1.165, 1.54) is 0 Å². The van der Waals surface area contributed by atoms with Gasteiger partial charge in [0.1, 0.15) is 12.4 Å². The fraction of sp³-hybridized carbons (Fsp3) is 0.684. The first-order valence-corrected chi connectivity index (χ1v) is 9.99. The van der Waals surface area contributed by atoms with Gasteiger partial charge in [0.2, 0.25) is 5.91 Å². The third-order valence-electron chi connectivity index (χ3n) is 5.65.